The number of rotatable bonds is 11. The van der Waals surface area contributed by atoms with Gasteiger partial charge in [-0.1, -0.05) is 12.1 Å². The molecule has 0 spiro atoms. The second kappa shape index (κ2) is 15.5. The molecule has 63 heavy (non-hydrogen) atoms. The first kappa shape index (κ1) is 43.2. The highest BCUT2D eigenvalue weighted by molar-refractivity contribution is 6.27. The van der Waals surface area contributed by atoms with Crippen LogP contribution in [0, 0.1) is 40.5 Å². The molecule has 2 aliphatic heterocycles. The number of hydrogen-bond donors (Lipinski definition) is 1. The number of pyridine rings is 2. The lowest BCUT2D eigenvalue weighted by molar-refractivity contribution is -0.395. The minimum atomic E-state index is -2.22. The number of hydrogen-bond acceptors (Lipinski definition) is 18. The summed E-state index contributed by atoms with van der Waals surface area (Å²) >= 11 is 0. The number of esters is 2. The second-order valence-corrected chi connectivity index (χ2v) is 14.8. The fourth-order valence-corrected chi connectivity index (χ4v) is 8.03. The van der Waals surface area contributed by atoms with Crippen molar-refractivity contribution in [1.29, 1.82) is 0 Å². The SMILES string of the molecule is CC[C@@]1(OC(=O)[C@H](C)ON=C2c3cc([N+](=O)[O-])cc([N+](=O)[O-])c3-c3c2cc([N+](=O)[O-])cc3[N+](=O)[O-])C(=O)OCc2c1cc1n(c2=O)Cc2cc3c(CN(C)C)c(O)ccc3nc2-1.Cl. The highest BCUT2D eigenvalue weighted by atomic mass is 35.5. The van der Waals surface area contributed by atoms with Gasteiger partial charge in [-0.05, 0) is 51.7 Å². The molecule has 0 saturated heterocycles. The lowest BCUT2D eigenvalue weighted by atomic mass is 9.85. The lowest BCUT2D eigenvalue weighted by Gasteiger charge is -2.36. The van der Waals surface area contributed by atoms with Crippen molar-refractivity contribution in [3.63, 3.8) is 0 Å². The predicted molar refractivity (Wildman–Crippen MR) is 219 cm³/mol. The van der Waals surface area contributed by atoms with Crippen LogP contribution in [0.1, 0.15) is 53.6 Å². The third-order valence-corrected chi connectivity index (χ3v) is 10.9. The van der Waals surface area contributed by atoms with Crippen LogP contribution in [0.15, 0.2) is 58.5 Å². The molecule has 24 heteroatoms. The number of ether oxygens (including phenoxy) is 2. The Morgan fingerprint density at radius 1 is 0.952 bits per heavy atom. The summed E-state index contributed by atoms with van der Waals surface area (Å²) < 4.78 is 12.7. The molecule has 0 amide bonds. The van der Waals surface area contributed by atoms with Gasteiger partial charge in [0.25, 0.3) is 28.3 Å². The van der Waals surface area contributed by atoms with Crippen molar-refractivity contribution in [1.82, 2.24) is 14.5 Å². The van der Waals surface area contributed by atoms with Crippen LogP contribution in [0.2, 0.25) is 0 Å². The molecule has 5 aromatic rings. The number of oxime groups is 1. The van der Waals surface area contributed by atoms with Crippen LogP contribution < -0.4 is 5.56 Å². The van der Waals surface area contributed by atoms with E-state index in [4.69, 9.17) is 19.3 Å². The number of fused-ring (bicyclic) bond motifs is 8. The Morgan fingerprint density at radius 3 is 2.10 bits per heavy atom. The summed E-state index contributed by atoms with van der Waals surface area (Å²) in [4.78, 5) is 97.9. The molecular weight excluding hydrogens is 856 g/mol. The predicted octanol–water partition coefficient (Wildman–Crippen LogP) is 5.29. The molecular formula is C39H31ClN8O15. The maximum Gasteiger partial charge on any atom is 0.355 e. The van der Waals surface area contributed by atoms with Gasteiger partial charge in [-0.15, -0.1) is 12.4 Å². The van der Waals surface area contributed by atoms with E-state index in [2.05, 4.69) is 5.16 Å². The normalized spacial score (nSPS) is 15.8. The Kier molecular flexibility index (Phi) is 10.6. The average Bonchev–Trinajstić information content (AvgIpc) is 3.75. The summed E-state index contributed by atoms with van der Waals surface area (Å²) in [5, 5.41) is 63.2. The molecule has 0 radical (unpaired) electrons. The molecule has 4 heterocycles. The molecule has 23 nitrogen and oxygen atoms in total. The zero-order chi connectivity index (χ0) is 44.7. The van der Waals surface area contributed by atoms with Gasteiger partial charge < -0.3 is 28.9 Å². The van der Waals surface area contributed by atoms with Crippen molar-refractivity contribution in [2.45, 2.75) is 51.7 Å². The van der Waals surface area contributed by atoms with Gasteiger partial charge in [-0.25, -0.2) is 14.6 Å². The lowest BCUT2D eigenvalue weighted by Crippen LogP contribution is -2.48. The van der Waals surface area contributed by atoms with Crippen LogP contribution in [0.25, 0.3) is 33.4 Å². The van der Waals surface area contributed by atoms with Crippen LogP contribution in [0.3, 0.4) is 0 Å². The first-order chi connectivity index (χ1) is 29.4. The summed E-state index contributed by atoms with van der Waals surface area (Å²) in [6.07, 6.45) is -2.02. The molecule has 0 unspecified atom stereocenters. The Balaban J connectivity index is 0.00000595. The van der Waals surface area contributed by atoms with Gasteiger partial charge in [0.05, 0.1) is 72.0 Å². The molecule has 1 N–H and O–H groups in total. The topological polar surface area (TPSA) is 305 Å². The van der Waals surface area contributed by atoms with Gasteiger partial charge in [-0.2, -0.15) is 0 Å². The number of phenolic OH excluding ortho intramolecular Hbond substituents is 1. The monoisotopic (exact) mass is 886 g/mol. The molecule has 2 aromatic heterocycles. The van der Waals surface area contributed by atoms with E-state index in [0.29, 0.717) is 52.1 Å². The Hall–Kier alpha value is -7.92. The third kappa shape index (κ3) is 6.78. The van der Waals surface area contributed by atoms with E-state index in [1.807, 2.05) is 25.1 Å². The summed E-state index contributed by atoms with van der Waals surface area (Å²) in [6.45, 7) is 2.68. The van der Waals surface area contributed by atoms with Crippen LogP contribution in [0.4, 0.5) is 22.7 Å². The maximum absolute atomic E-state index is 14.1. The van der Waals surface area contributed by atoms with E-state index in [-0.39, 0.29) is 42.2 Å². The fourth-order valence-electron chi connectivity index (χ4n) is 8.03. The van der Waals surface area contributed by atoms with Gasteiger partial charge in [0.1, 0.15) is 18.1 Å². The Labute approximate surface area is 358 Å². The second-order valence-electron chi connectivity index (χ2n) is 14.8. The summed E-state index contributed by atoms with van der Waals surface area (Å²) in [6, 6.07) is 9.27. The van der Waals surface area contributed by atoms with Gasteiger partial charge in [-0.3, -0.25) is 45.3 Å². The van der Waals surface area contributed by atoms with E-state index >= 15 is 0 Å². The minimum Gasteiger partial charge on any atom is -0.508 e. The molecule has 0 saturated carbocycles. The van der Waals surface area contributed by atoms with E-state index < -0.39 is 106 Å². The van der Waals surface area contributed by atoms with Crippen molar-refractivity contribution < 1.29 is 48.7 Å². The van der Waals surface area contributed by atoms with Crippen LogP contribution in [-0.4, -0.2) is 77.1 Å². The quantitative estimate of drug-likeness (QED) is 0.0979. The van der Waals surface area contributed by atoms with Gasteiger partial charge in [0.2, 0.25) is 11.7 Å². The van der Waals surface area contributed by atoms with Gasteiger partial charge in [0.15, 0.2) is 0 Å². The number of halogens is 1. The summed E-state index contributed by atoms with van der Waals surface area (Å²) in [5.74, 6) is -2.20. The standard InChI is InChI=1S/C39H30N8O15.ClH/c1-5-39(26-13-30-34-18(14-43(30)36(49)25(26)16-60-38(39)51)8-21-24(15-42(3)4)31(48)7-6-27(21)40-34)61-37(50)17(2)62-41-35-22-9-19(44(52)53)11-28(46(56)57)32(22)33-23(35)10-20(45(54)55)12-29(33)47(58)59;/h6-13,17,48H,5,14-16H2,1-4H3;1H/t17-,39-;/m0./s1. The van der Waals surface area contributed by atoms with Crippen molar-refractivity contribution in [2.24, 2.45) is 5.16 Å². The van der Waals surface area contributed by atoms with E-state index in [9.17, 15) is 59.9 Å². The molecule has 0 fully saturated rings. The number of nitro benzene ring substituents is 4. The van der Waals surface area contributed by atoms with E-state index in [0.717, 1.165) is 19.1 Å². The first-order valence-electron chi connectivity index (χ1n) is 18.5. The number of phenols is 1. The summed E-state index contributed by atoms with van der Waals surface area (Å²) in [7, 11) is 3.70. The van der Waals surface area contributed by atoms with Gasteiger partial charge in [0, 0.05) is 51.9 Å². The van der Waals surface area contributed by atoms with E-state index in [1.54, 1.807) is 6.07 Å². The maximum atomic E-state index is 14.1. The number of cyclic esters (lactones) is 1. The molecule has 8 rings (SSSR count). The third-order valence-electron chi connectivity index (χ3n) is 10.9. The fraction of sp³-hybridized carbons (Fsp3) is 0.256. The van der Waals surface area contributed by atoms with Crippen LogP contribution >= 0.6 is 12.4 Å². The Morgan fingerprint density at radius 2 is 1.56 bits per heavy atom. The van der Waals surface area contributed by atoms with Crippen molar-refractivity contribution in [3.05, 3.63) is 133 Å². The number of aromatic nitrogens is 2. The highest BCUT2D eigenvalue weighted by Crippen LogP contribution is 2.50. The van der Waals surface area contributed by atoms with Crippen LogP contribution in [0.5, 0.6) is 5.75 Å². The number of nitro groups is 4. The zero-order valence-electron chi connectivity index (χ0n) is 33.2. The van der Waals surface area contributed by atoms with Gasteiger partial charge >= 0.3 is 11.9 Å². The molecule has 3 aliphatic rings. The number of carbonyl (C=O) groups is 2. The highest BCUT2D eigenvalue weighted by Gasteiger charge is 2.51. The smallest absolute Gasteiger partial charge is 0.355 e. The van der Waals surface area contributed by atoms with E-state index in [1.165, 1.54) is 23.6 Å². The molecule has 324 valence electrons. The first-order valence-corrected chi connectivity index (χ1v) is 18.5. The molecule has 0 bridgehead atoms. The van der Waals surface area contributed by atoms with Crippen molar-refractivity contribution in [3.8, 4) is 28.3 Å². The molecule has 2 atom stereocenters. The zero-order valence-corrected chi connectivity index (χ0v) is 34.0. The molecule has 1 aliphatic carbocycles. The minimum absolute atomic E-state index is 0. The number of carbonyl (C=O) groups excluding carboxylic acids is 2. The van der Waals surface area contributed by atoms with Crippen LogP contribution in [-0.2, 0) is 49.2 Å². The number of nitrogens with zero attached hydrogens (tertiary/aromatic N) is 8. The number of benzene rings is 3. The summed E-state index contributed by atoms with van der Waals surface area (Å²) in [5.41, 5.74) is -6.23. The Bertz CT molecular complexity index is 2940. The van der Waals surface area contributed by atoms with Crippen molar-refractivity contribution in [2.75, 3.05) is 14.1 Å². The number of non-ortho nitro benzene ring substituents is 2. The molecule has 3 aromatic carbocycles. The van der Waals surface area contributed by atoms with Crippen molar-refractivity contribution >= 4 is 63.7 Å². The average molecular weight is 887 g/mol. The largest absolute Gasteiger partial charge is 0.508 e. The number of aromatic hydroxyl groups is 1.